The molecule has 0 saturated carbocycles. The number of hydrogen-bond donors (Lipinski definition) is 4. The van der Waals surface area contributed by atoms with Crippen LogP contribution in [0.3, 0.4) is 0 Å². The van der Waals surface area contributed by atoms with Gasteiger partial charge < -0.3 is 29.9 Å². The molecule has 4 N–H and O–H groups in total. The molecule has 40 heavy (non-hydrogen) atoms. The minimum atomic E-state index is -1.04. The summed E-state index contributed by atoms with van der Waals surface area (Å²) in [7, 11) is 0. The molecule has 2 fully saturated rings. The summed E-state index contributed by atoms with van der Waals surface area (Å²) in [6, 6.07) is 0. The van der Waals surface area contributed by atoms with Crippen molar-refractivity contribution in [1.29, 1.82) is 0 Å². The highest BCUT2D eigenvalue weighted by Crippen LogP contribution is 2.50. The highest BCUT2D eigenvalue weighted by atomic mass is 16.7. The van der Waals surface area contributed by atoms with Gasteiger partial charge in [0.25, 0.3) is 0 Å². The Kier molecular flexibility index (Phi) is 13.0. The number of aliphatic carboxylic acids is 2. The lowest BCUT2D eigenvalue weighted by molar-refractivity contribution is -0.307. The van der Waals surface area contributed by atoms with Gasteiger partial charge in [0.05, 0.1) is 12.2 Å². The Morgan fingerprint density at radius 2 is 1.68 bits per heavy atom. The second-order valence-electron chi connectivity index (χ2n) is 11.5. The summed E-state index contributed by atoms with van der Waals surface area (Å²) in [5.74, 6) is -2.82. The molecule has 8 nitrogen and oxygen atoms in total. The second-order valence-corrected chi connectivity index (χ2v) is 11.5. The van der Waals surface area contributed by atoms with E-state index in [0.717, 1.165) is 43.4 Å². The van der Waals surface area contributed by atoms with Crippen LogP contribution in [0.4, 0.5) is 0 Å². The van der Waals surface area contributed by atoms with Gasteiger partial charge in [-0.2, -0.15) is 0 Å². The number of carboxylic acids is 2. The molecule has 2 aliphatic heterocycles. The minimum Gasteiger partial charge on any atom is -0.478 e. The number of aliphatic hydroxyl groups is 2. The molecule has 8 heteroatoms. The highest BCUT2D eigenvalue weighted by molar-refractivity contribution is 5.81. The second kappa shape index (κ2) is 15.5. The molecular formula is C32H48O8. The van der Waals surface area contributed by atoms with Gasteiger partial charge in [-0.3, -0.25) is 0 Å². The third kappa shape index (κ3) is 10.1. The van der Waals surface area contributed by atoms with E-state index in [1.807, 2.05) is 13.0 Å². The Hall–Kier alpha value is -2.52. The van der Waals surface area contributed by atoms with E-state index < -0.39 is 35.5 Å². The van der Waals surface area contributed by atoms with Crippen LogP contribution in [0.1, 0.15) is 86.0 Å². The van der Waals surface area contributed by atoms with Gasteiger partial charge in [-0.15, -0.1) is 0 Å². The van der Waals surface area contributed by atoms with E-state index in [-0.39, 0.29) is 12.0 Å². The molecule has 1 spiro atoms. The smallest absolute Gasteiger partial charge is 0.328 e. The molecular weight excluding hydrogens is 512 g/mol. The van der Waals surface area contributed by atoms with Crippen LogP contribution in [0.2, 0.25) is 0 Å². The fourth-order valence-corrected chi connectivity index (χ4v) is 5.31. The number of allylic oxidation sites excluding steroid dienone is 4. The molecule has 0 radical (unpaired) electrons. The first-order valence-corrected chi connectivity index (χ1v) is 14.4. The maximum atomic E-state index is 11.2. The molecule has 2 rings (SSSR count). The zero-order chi connectivity index (χ0) is 29.9. The summed E-state index contributed by atoms with van der Waals surface area (Å²) in [5.41, 5.74) is 0.735. The van der Waals surface area contributed by atoms with Crippen LogP contribution in [0.25, 0.3) is 0 Å². The summed E-state index contributed by atoms with van der Waals surface area (Å²) >= 11 is 0. The lowest BCUT2D eigenvalue weighted by Gasteiger charge is -2.44. The molecule has 7 unspecified atom stereocenters. The Bertz CT molecular complexity index is 1010. The number of unbranched alkanes of at least 4 members (excludes halogenated alkanes) is 1. The lowest BCUT2D eigenvalue weighted by atomic mass is 9.85. The van der Waals surface area contributed by atoms with Crippen LogP contribution < -0.4 is 0 Å². The summed E-state index contributed by atoms with van der Waals surface area (Å²) in [5, 5.41) is 39.2. The van der Waals surface area contributed by atoms with Gasteiger partial charge in [-0.1, -0.05) is 75.6 Å². The number of carboxylic acid groups (broad SMARTS) is 2. The standard InChI is InChI=1S/C32H48O8/c1-6-7-17-31(28(34)14-10-23(3)21-30(37)38)19-20-32(40-31)18-16-25(5)27(39-32)13-9-22(2)8-12-26(33)24(4)11-15-29(35)36/h8-12,14-15,21,24-28,33-34H,6-7,13,16-20H2,1-5H3,(H,35,36)(H,37,38)/b12-8+,14-10+,15-11+,22-9+,23-21+. The molecule has 0 aromatic rings. The number of ether oxygens (including phenoxy) is 2. The van der Waals surface area contributed by atoms with E-state index in [1.54, 1.807) is 32.1 Å². The van der Waals surface area contributed by atoms with E-state index in [2.05, 4.69) is 19.9 Å². The van der Waals surface area contributed by atoms with Crippen molar-refractivity contribution in [3.05, 3.63) is 59.8 Å². The summed E-state index contributed by atoms with van der Waals surface area (Å²) < 4.78 is 13.4. The summed E-state index contributed by atoms with van der Waals surface area (Å²) in [4.78, 5) is 21.7. The fourth-order valence-electron chi connectivity index (χ4n) is 5.31. The average molecular weight is 561 g/mol. The van der Waals surface area contributed by atoms with Crippen molar-refractivity contribution in [2.45, 2.75) is 116 Å². The van der Waals surface area contributed by atoms with Crippen molar-refractivity contribution < 1.29 is 39.5 Å². The van der Waals surface area contributed by atoms with E-state index in [0.29, 0.717) is 37.2 Å². The first-order valence-electron chi connectivity index (χ1n) is 14.4. The van der Waals surface area contributed by atoms with Gasteiger partial charge in [0.15, 0.2) is 5.79 Å². The SMILES string of the molecule is CCCCC1(C(O)/C=C/C(C)=C/C(=O)O)CCC2(CCC(C)C(C/C=C(C)/C=C/C(O)C(C)/C=C/C(=O)O)O2)O1. The molecule has 0 bridgehead atoms. The van der Waals surface area contributed by atoms with Gasteiger partial charge in [0.1, 0.15) is 11.7 Å². The Morgan fingerprint density at radius 3 is 2.33 bits per heavy atom. The predicted molar refractivity (Wildman–Crippen MR) is 155 cm³/mol. The van der Waals surface area contributed by atoms with Crippen molar-refractivity contribution >= 4 is 11.9 Å². The van der Waals surface area contributed by atoms with Gasteiger partial charge in [0.2, 0.25) is 0 Å². The molecule has 2 aliphatic rings. The van der Waals surface area contributed by atoms with Crippen LogP contribution in [0.15, 0.2) is 59.8 Å². The van der Waals surface area contributed by atoms with E-state index in [4.69, 9.17) is 19.7 Å². The third-order valence-corrected chi connectivity index (χ3v) is 7.99. The van der Waals surface area contributed by atoms with Crippen LogP contribution >= 0.6 is 0 Å². The molecule has 0 aromatic heterocycles. The Balaban J connectivity index is 2.10. The molecule has 0 aromatic carbocycles. The number of hydrogen-bond acceptors (Lipinski definition) is 6. The first-order chi connectivity index (χ1) is 18.8. The minimum absolute atomic E-state index is 0.0603. The molecule has 0 aliphatic carbocycles. The first kappa shape index (κ1) is 33.7. The van der Waals surface area contributed by atoms with Crippen molar-refractivity contribution in [3.63, 3.8) is 0 Å². The third-order valence-electron chi connectivity index (χ3n) is 7.99. The largest absolute Gasteiger partial charge is 0.478 e. The van der Waals surface area contributed by atoms with Crippen LogP contribution in [0, 0.1) is 11.8 Å². The maximum Gasteiger partial charge on any atom is 0.328 e. The number of aliphatic hydroxyl groups excluding tert-OH is 2. The normalized spacial score (nSPS) is 30.5. The molecule has 7 atom stereocenters. The van der Waals surface area contributed by atoms with Crippen LogP contribution in [0.5, 0.6) is 0 Å². The highest BCUT2D eigenvalue weighted by Gasteiger charge is 2.55. The Morgan fingerprint density at radius 1 is 0.975 bits per heavy atom. The predicted octanol–water partition coefficient (Wildman–Crippen LogP) is 5.72. The summed E-state index contributed by atoms with van der Waals surface area (Å²) in [6.07, 6.45) is 17.0. The summed E-state index contributed by atoms with van der Waals surface area (Å²) in [6.45, 7) is 9.67. The lowest BCUT2D eigenvalue weighted by Crippen LogP contribution is -2.49. The van der Waals surface area contributed by atoms with E-state index in [9.17, 15) is 19.8 Å². The van der Waals surface area contributed by atoms with E-state index in [1.165, 1.54) is 6.08 Å². The van der Waals surface area contributed by atoms with Crippen LogP contribution in [-0.4, -0.2) is 62.1 Å². The number of carbonyl (C=O) groups is 2. The van der Waals surface area contributed by atoms with E-state index >= 15 is 0 Å². The topological polar surface area (TPSA) is 134 Å². The van der Waals surface area contributed by atoms with Crippen molar-refractivity contribution in [2.75, 3.05) is 0 Å². The van der Waals surface area contributed by atoms with Crippen molar-refractivity contribution in [3.8, 4) is 0 Å². The van der Waals surface area contributed by atoms with Crippen LogP contribution in [-0.2, 0) is 19.1 Å². The fraction of sp³-hybridized carbons (Fsp3) is 0.625. The molecule has 224 valence electrons. The average Bonchev–Trinajstić information content (AvgIpc) is 3.27. The van der Waals surface area contributed by atoms with Gasteiger partial charge >= 0.3 is 11.9 Å². The van der Waals surface area contributed by atoms with Gasteiger partial charge in [-0.25, -0.2) is 9.59 Å². The van der Waals surface area contributed by atoms with Gasteiger partial charge in [-0.05, 0) is 51.0 Å². The monoisotopic (exact) mass is 560 g/mol. The van der Waals surface area contributed by atoms with Crippen molar-refractivity contribution in [2.24, 2.45) is 11.8 Å². The van der Waals surface area contributed by atoms with Crippen molar-refractivity contribution in [1.82, 2.24) is 0 Å². The quantitative estimate of drug-likeness (QED) is 0.157. The zero-order valence-electron chi connectivity index (χ0n) is 24.6. The molecule has 2 saturated heterocycles. The van der Waals surface area contributed by atoms with Gasteiger partial charge in [0, 0.05) is 30.9 Å². The Labute approximate surface area is 238 Å². The molecule has 2 heterocycles. The number of rotatable bonds is 14. The maximum absolute atomic E-state index is 11.2. The molecule has 0 amide bonds. The zero-order valence-corrected chi connectivity index (χ0v) is 24.6.